The van der Waals surface area contributed by atoms with Crippen molar-refractivity contribution in [1.82, 2.24) is 0 Å². The van der Waals surface area contributed by atoms with Crippen LogP contribution < -0.4 is 10.2 Å². The SMILES string of the molecule is O=C([O-])c1ccccc1S(=O)c1ccccc1C(=O)[O-].[Mg+2]. The van der Waals surface area contributed by atoms with E-state index in [1.807, 2.05) is 0 Å². The Kier molecular flexibility index (Phi) is 6.07. The van der Waals surface area contributed by atoms with Crippen LogP contribution in [0.15, 0.2) is 58.3 Å². The normalized spacial score (nSPS) is 9.95. The standard InChI is InChI=1S/C14H10O5S.Mg/c15-13(16)9-5-1-3-7-11(9)20(19)12-8-4-2-6-10(12)14(17)18;/h1-8H,(H,15,16)(H,17,18);/q;+2/p-2. The number of carbonyl (C=O) groups excluding carboxylic acids is 2. The van der Waals surface area contributed by atoms with Gasteiger partial charge in [-0.1, -0.05) is 36.4 Å². The van der Waals surface area contributed by atoms with Crippen molar-refractivity contribution in [2.24, 2.45) is 0 Å². The Labute approximate surface area is 139 Å². The molecule has 0 aliphatic rings. The maximum atomic E-state index is 12.4. The van der Waals surface area contributed by atoms with Crippen molar-refractivity contribution >= 4 is 45.8 Å². The molecule has 2 aromatic rings. The molecule has 0 bridgehead atoms. The molecule has 21 heavy (non-hydrogen) atoms. The first-order chi connectivity index (χ1) is 9.52. The topological polar surface area (TPSA) is 97.3 Å². The minimum atomic E-state index is -1.95. The number of rotatable bonds is 4. The van der Waals surface area contributed by atoms with Crippen LogP contribution in [0.25, 0.3) is 0 Å². The first kappa shape index (κ1) is 17.3. The molecule has 0 heterocycles. The van der Waals surface area contributed by atoms with Gasteiger partial charge in [0, 0.05) is 11.1 Å². The van der Waals surface area contributed by atoms with Gasteiger partial charge in [-0.25, -0.2) is 4.21 Å². The fourth-order valence-electron chi connectivity index (χ4n) is 1.71. The maximum Gasteiger partial charge on any atom is 2.00 e. The third-order valence-corrected chi connectivity index (χ3v) is 4.12. The molecule has 0 radical (unpaired) electrons. The van der Waals surface area contributed by atoms with Gasteiger partial charge in [-0.2, -0.15) is 0 Å². The van der Waals surface area contributed by atoms with Gasteiger partial charge in [-0.05, 0) is 12.1 Å². The first-order valence-corrected chi connectivity index (χ1v) is 6.70. The third-order valence-electron chi connectivity index (χ3n) is 2.61. The zero-order valence-electron chi connectivity index (χ0n) is 10.8. The summed E-state index contributed by atoms with van der Waals surface area (Å²) in [5.41, 5.74) is -0.474. The fraction of sp³-hybridized carbons (Fsp3) is 0. The quantitative estimate of drug-likeness (QED) is 0.688. The molecule has 0 fully saturated rings. The molecule has 0 aromatic heterocycles. The second-order valence-electron chi connectivity index (χ2n) is 3.84. The van der Waals surface area contributed by atoms with Crippen molar-refractivity contribution in [2.45, 2.75) is 9.79 Å². The molecule has 0 atom stereocenters. The second-order valence-corrected chi connectivity index (χ2v) is 5.25. The van der Waals surface area contributed by atoms with Gasteiger partial charge >= 0.3 is 23.1 Å². The first-order valence-electron chi connectivity index (χ1n) is 5.55. The summed E-state index contributed by atoms with van der Waals surface area (Å²) in [6.45, 7) is 0. The Hall–Kier alpha value is -1.70. The summed E-state index contributed by atoms with van der Waals surface area (Å²) in [7, 11) is -1.95. The average molecular weight is 313 g/mol. The third kappa shape index (κ3) is 3.69. The molecule has 0 saturated carbocycles. The van der Waals surface area contributed by atoms with Crippen LogP contribution in [0, 0.1) is 0 Å². The number of benzene rings is 2. The Balaban J connectivity index is 0.00000220. The average Bonchev–Trinajstić information content (AvgIpc) is 2.46. The number of aromatic carboxylic acids is 2. The van der Waals surface area contributed by atoms with Gasteiger partial charge in [0.05, 0.1) is 32.5 Å². The Morgan fingerprint density at radius 1 is 0.762 bits per heavy atom. The van der Waals surface area contributed by atoms with E-state index in [-0.39, 0.29) is 44.0 Å². The van der Waals surface area contributed by atoms with Gasteiger partial charge in [0.15, 0.2) is 0 Å². The summed E-state index contributed by atoms with van der Waals surface area (Å²) >= 11 is 0. The van der Waals surface area contributed by atoms with Gasteiger partial charge in [-0.3, -0.25) is 0 Å². The molecule has 0 saturated heterocycles. The largest absolute Gasteiger partial charge is 2.00 e. The van der Waals surface area contributed by atoms with Crippen molar-refractivity contribution in [3.05, 3.63) is 59.7 Å². The van der Waals surface area contributed by atoms with Crippen molar-refractivity contribution in [3.63, 3.8) is 0 Å². The monoisotopic (exact) mass is 312 g/mol. The molecule has 2 aromatic carbocycles. The minimum Gasteiger partial charge on any atom is -0.545 e. The van der Waals surface area contributed by atoms with Crippen LogP contribution in [0.4, 0.5) is 0 Å². The molecule has 0 aliphatic carbocycles. The van der Waals surface area contributed by atoms with Crippen LogP contribution in [0.1, 0.15) is 20.7 Å². The smallest absolute Gasteiger partial charge is 0.545 e. The van der Waals surface area contributed by atoms with Gasteiger partial charge in [0.1, 0.15) is 0 Å². The number of hydrogen-bond donors (Lipinski definition) is 0. The van der Waals surface area contributed by atoms with E-state index in [1.165, 1.54) is 48.5 Å². The van der Waals surface area contributed by atoms with Crippen LogP contribution in [0.2, 0.25) is 0 Å². The van der Waals surface area contributed by atoms with Crippen LogP contribution >= 0.6 is 0 Å². The van der Waals surface area contributed by atoms with E-state index in [9.17, 15) is 24.0 Å². The van der Waals surface area contributed by atoms with Crippen LogP contribution in [0.3, 0.4) is 0 Å². The molecular formula is C14H8MgO5S. The number of carboxylic acids is 2. The van der Waals surface area contributed by atoms with E-state index in [2.05, 4.69) is 0 Å². The van der Waals surface area contributed by atoms with Crippen LogP contribution in [-0.4, -0.2) is 39.2 Å². The van der Waals surface area contributed by atoms with Crippen molar-refractivity contribution < 1.29 is 24.0 Å². The molecular weight excluding hydrogens is 305 g/mol. The summed E-state index contributed by atoms with van der Waals surface area (Å²) in [5, 5.41) is 22.0. The molecule has 0 N–H and O–H groups in total. The van der Waals surface area contributed by atoms with Crippen molar-refractivity contribution in [2.75, 3.05) is 0 Å². The molecule has 0 aliphatic heterocycles. The zero-order valence-corrected chi connectivity index (χ0v) is 13.0. The maximum absolute atomic E-state index is 12.4. The predicted octanol–water partition coefficient (Wildman–Crippen LogP) is -0.800. The van der Waals surface area contributed by atoms with E-state index in [1.54, 1.807) is 0 Å². The summed E-state index contributed by atoms with van der Waals surface area (Å²) < 4.78 is 12.4. The Morgan fingerprint density at radius 2 is 1.10 bits per heavy atom. The van der Waals surface area contributed by atoms with Gasteiger partial charge < -0.3 is 19.8 Å². The summed E-state index contributed by atoms with van der Waals surface area (Å²) in [6, 6.07) is 11.2. The van der Waals surface area contributed by atoms with Gasteiger partial charge in [0.25, 0.3) is 0 Å². The minimum absolute atomic E-state index is 0. The zero-order chi connectivity index (χ0) is 14.7. The van der Waals surface area contributed by atoms with Crippen molar-refractivity contribution in [1.29, 1.82) is 0 Å². The number of carboxylic acid groups (broad SMARTS) is 2. The molecule has 0 amide bonds. The molecule has 0 spiro atoms. The van der Waals surface area contributed by atoms with Crippen LogP contribution in [-0.2, 0) is 10.8 Å². The molecule has 0 unspecified atom stereocenters. The van der Waals surface area contributed by atoms with E-state index < -0.39 is 22.7 Å². The molecule has 2 rings (SSSR count). The molecule has 5 nitrogen and oxygen atoms in total. The molecule has 102 valence electrons. The predicted molar refractivity (Wildman–Crippen MR) is 72.0 cm³/mol. The molecule has 7 heteroatoms. The van der Waals surface area contributed by atoms with E-state index in [4.69, 9.17) is 0 Å². The van der Waals surface area contributed by atoms with Crippen molar-refractivity contribution in [3.8, 4) is 0 Å². The number of carbonyl (C=O) groups is 2. The Morgan fingerprint density at radius 3 is 1.43 bits per heavy atom. The fourth-order valence-corrected chi connectivity index (χ4v) is 3.06. The van der Waals surface area contributed by atoms with Crippen LogP contribution in [0.5, 0.6) is 0 Å². The number of hydrogen-bond acceptors (Lipinski definition) is 5. The summed E-state index contributed by atoms with van der Waals surface area (Å²) in [6.07, 6.45) is 0. The van der Waals surface area contributed by atoms with E-state index in [0.717, 1.165) is 0 Å². The second kappa shape index (κ2) is 7.35. The summed E-state index contributed by atoms with van der Waals surface area (Å²) in [5.74, 6) is -2.94. The van der Waals surface area contributed by atoms with E-state index >= 15 is 0 Å². The van der Waals surface area contributed by atoms with Gasteiger partial charge in [0.2, 0.25) is 0 Å². The van der Waals surface area contributed by atoms with Gasteiger partial charge in [-0.15, -0.1) is 0 Å². The van der Waals surface area contributed by atoms with E-state index in [0.29, 0.717) is 0 Å². The summed E-state index contributed by atoms with van der Waals surface area (Å²) in [4.78, 5) is 22.0. The Bertz CT molecular complexity index is 655.